The molecule has 0 radical (unpaired) electrons. The summed E-state index contributed by atoms with van der Waals surface area (Å²) in [6.07, 6.45) is -7.46. The van der Waals surface area contributed by atoms with Gasteiger partial charge in [-0.05, 0) is 49.6 Å². The van der Waals surface area contributed by atoms with E-state index in [0.717, 1.165) is 16.6 Å². The zero-order valence-corrected chi connectivity index (χ0v) is 16.6. The molecule has 2 N–H and O–H groups in total. The lowest BCUT2D eigenvalue weighted by Gasteiger charge is -2.36. The van der Waals surface area contributed by atoms with Gasteiger partial charge in [-0.3, -0.25) is 0 Å². The first-order valence-corrected chi connectivity index (χ1v) is 9.62. The highest BCUT2D eigenvalue weighted by atomic mass is 32.1. The summed E-state index contributed by atoms with van der Waals surface area (Å²) in [5, 5.41) is 4.00. The molecule has 0 aliphatic carbocycles. The lowest BCUT2D eigenvalue weighted by molar-refractivity contribution is -0.208. The molecular weight excluding hydrogens is 424 g/mol. The first-order chi connectivity index (χ1) is 14.0. The number of hydrogen-bond donors (Lipinski definition) is 1. The topological polar surface area (TPSA) is 86.5 Å². The normalized spacial score (nSPS) is 21.9. The zero-order valence-electron chi connectivity index (χ0n) is 15.8. The minimum Gasteiger partial charge on any atom is -0.452 e. The molecule has 6 nitrogen and oxygen atoms in total. The average Bonchev–Trinajstić information content (AvgIpc) is 3.29. The molecule has 1 aliphatic rings. The van der Waals surface area contributed by atoms with Crippen LogP contribution in [0.1, 0.15) is 24.6 Å². The third-order valence-corrected chi connectivity index (χ3v) is 5.69. The monoisotopic (exact) mass is 440 g/mol. The van der Waals surface area contributed by atoms with Gasteiger partial charge in [-0.25, -0.2) is 9.38 Å². The highest BCUT2D eigenvalue weighted by Gasteiger charge is 2.50. The van der Waals surface area contributed by atoms with Gasteiger partial charge in [0.1, 0.15) is 11.5 Å². The van der Waals surface area contributed by atoms with Crippen LogP contribution in [0, 0.1) is 12.7 Å². The Balaban J connectivity index is 1.72. The fourth-order valence-corrected chi connectivity index (χ4v) is 4.03. The van der Waals surface area contributed by atoms with Gasteiger partial charge in [-0.2, -0.15) is 17.5 Å². The van der Waals surface area contributed by atoms with E-state index in [4.69, 9.17) is 10.3 Å². The van der Waals surface area contributed by atoms with E-state index in [0.29, 0.717) is 17.0 Å². The molecule has 0 spiro atoms. The van der Waals surface area contributed by atoms with E-state index in [1.807, 2.05) is 13.0 Å². The molecular formula is C19H16F4N4O2S. The average molecular weight is 440 g/mol. The number of aromatic nitrogens is 2. The second kappa shape index (κ2) is 7.08. The fourth-order valence-electron chi connectivity index (χ4n) is 3.32. The molecule has 3 heterocycles. The Morgan fingerprint density at radius 3 is 2.67 bits per heavy atom. The van der Waals surface area contributed by atoms with Crippen molar-refractivity contribution in [3.05, 3.63) is 47.4 Å². The number of amidine groups is 1. The molecule has 0 saturated carbocycles. The van der Waals surface area contributed by atoms with Crippen molar-refractivity contribution in [2.75, 3.05) is 0 Å². The number of aliphatic imine (C=N–C) groups is 1. The first-order valence-electron chi connectivity index (χ1n) is 8.85. The van der Waals surface area contributed by atoms with Crippen LogP contribution in [0.4, 0.5) is 17.6 Å². The summed E-state index contributed by atoms with van der Waals surface area (Å²) < 4.78 is 68.5. The van der Waals surface area contributed by atoms with Gasteiger partial charge < -0.3 is 15.0 Å². The lowest BCUT2D eigenvalue weighted by atomic mass is 9.84. The number of rotatable bonds is 3. The predicted octanol–water partition coefficient (Wildman–Crippen LogP) is 4.79. The van der Waals surface area contributed by atoms with E-state index in [1.165, 1.54) is 30.6 Å². The van der Waals surface area contributed by atoms with Gasteiger partial charge in [0, 0.05) is 23.6 Å². The van der Waals surface area contributed by atoms with E-state index in [2.05, 4.69) is 19.3 Å². The SMILES string of the molecule is Cc1cc(-c2cc(-c3ccc(F)c([C@]4(C)C[C@@H](C(F)(F)F)OC(N)=N4)c3)on2)sn1. The second-order valence-corrected chi connectivity index (χ2v) is 7.98. The number of nitrogens with zero attached hydrogens (tertiary/aromatic N) is 3. The van der Waals surface area contributed by atoms with Crippen LogP contribution in [0.25, 0.3) is 21.9 Å². The molecule has 4 rings (SSSR count). The summed E-state index contributed by atoms with van der Waals surface area (Å²) in [6.45, 7) is 3.23. The van der Waals surface area contributed by atoms with Crippen LogP contribution in [-0.4, -0.2) is 27.8 Å². The molecule has 0 unspecified atom stereocenters. The largest absolute Gasteiger partial charge is 0.452 e. The molecule has 3 aromatic rings. The number of ether oxygens (including phenoxy) is 1. The van der Waals surface area contributed by atoms with Crippen LogP contribution >= 0.6 is 11.5 Å². The minimum atomic E-state index is -4.66. The summed E-state index contributed by atoms with van der Waals surface area (Å²) in [5.74, 6) is -0.379. The van der Waals surface area contributed by atoms with Crippen molar-refractivity contribution < 1.29 is 26.8 Å². The number of hydrogen-bond acceptors (Lipinski definition) is 7. The third-order valence-electron chi connectivity index (χ3n) is 4.79. The van der Waals surface area contributed by atoms with Crippen LogP contribution < -0.4 is 5.73 Å². The van der Waals surface area contributed by atoms with Crippen LogP contribution in [0.3, 0.4) is 0 Å². The standard InChI is InChI=1S/C19H16F4N4O2S/c1-9-5-15(30-27-9)13-7-14(29-26-13)10-3-4-12(20)11(6-10)18(2)8-16(19(21,22)23)28-17(24)25-18/h3-7,16H,8H2,1-2H3,(H2,24,25)/t16-,18-/m0/s1. The number of nitrogens with two attached hydrogens (primary N) is 1. The maximum atomic E-state index is 14.7. The molecule has 2 aromatic heterocycles. The van der Waals surface area contributed by atoms with Crippen molar-refractivity contribution in [2.45, 2.75) is 38.1 Å². The molecule has 0 bridgehead atoms. The van der Waals surface area contributed by atoms with Crippen LogP contribution in [0.2, 0.25) is 0 Å². The van der Waals surface area contributed by atoms with E-state index < -0.39 is 36.1 Å². The van der Waals surface area contributed by atoms with Gasteiger partial charge in [0.05, 0.1) is 16.1 Å². The molecule has 0 amide bonds. The number of benzene rings is 1. The summed E-state index contributed by atoms with van der Waals surface area (Å²) in [6, 6.07) is 6.87. The van der Waals surface area contributed by atoms with E-state index in [-0.39, 0.29) is 5.56 Å². The Labute approximate surface area is 172 Å². The van der Waals surface area contributed by atoms with E-state index >= 15 is 0 Å². The summed E-state index contributed by atoms with van der Waals surface area (Å²) in [7, 11) is 0. The lowest BCUT2D eigenvalue weighted by Crippen LogP contribution is -2.46. The Hall–Kier alpha value is -2.95. The van der Waals surface area contributed by atoms with Gasteiger partial charge in [0.2, 0.25) is 0 Å². The zero-order chi connectivity index (χ0) is 21.7. The van der Waals surface area contributed by atoms with Crippen molar-refractivity contribution in [2.24, 2.45) is 10.7 Å². The van der Waals surface area contributed by atoms with Crippen molar-refractivity contribution in [3.8, 4) is 21.9 Å². The number of alkyl halides is 3. The highest BCUT2D eigenvalue weighted by molar-refractivity contribution is 7.09. The first kappa shape index (κ1) is 20.3. The van der Waals surface area contributed by atoms with Gasteiger partial charge in [0.15, 0.2) is 11.9 Å². The van der Waals surface area contributed by atoms with Crippen molar-refractivity contribution in [3.63, 3.8) is 0 Å². The maximum Gasteiger partial charge on any atom is 0.425 e. The van der Waals surface area contributed by atoms with Gasteiger partial charge >= 0.3 is 6.18 Å². The highest BCUT2D eigenvalue weighted by Crippen LogP contribution is 2.42. The molecule has 0 saturated heterocycles. The quantitative estimate of drug-likeness (QED) is 0.592. The van der Waals surface area contributed by atoms with Crippen LogP contribution in [0.5, 0.6) is 0 Å². The number of aryl methyl sites for hydroxylation is 1. The molecule has 2 atom stereocenters. The predicted molar refractivity (Wildman–Crippen MR) is 102 cm³/mol. The van der Waals surface area contributed by atoms with Crippen molar-refractivity contribution in [1.29, 1.82) is 0 Å². The van der Waals surface area contributed by atoms with Crippen molar-refractivity contribution >= 4 is 17.6 Å². The fraction of sp³-hybridized carbons (Fsp3) is 0.316. The Morgan fingerprint density at radius 2 is 2.00 bits per heavy atom. The Bertz CT molecular complexity index is 1120. The summed E-state index contributed by atoms with van der Waals surface area (Å²) >= 11 is 1.26. The van der Waals surface area contributed by atoms with E-state index in [1.54, 1.807) is 6.07 Å². The van der Waals surface area contributed by atoms with Crippen LogP contribution in [-0.2, 0) is 10.3 Å². The molecule has 11 heteroatoms. The van der Waals surface area contributed by atoms with Gasteiger partial charge in [0.25, 0.3) is 6.02 Å². The molecule has 158 valence electrons. The third kappa shape index (κ3) is 3.76. The Kier molecular flexibility index (Phi) is 4.80. The number of halogens is 4. The maximum absolute atomic E-state index is 14.7. The second-order valence-electron chi connectivity index (χ2n) is 7.18. The smallest absolute Gasteiger partial charge is 0.425 e. The van der Waals surface area contributed by atoms with Gasteiger partial charge in [-0.15, -0.1) is 0 Å². The minimum absolute atomic E-state index is 0.0490. The van der Waals surface area contributed by atoms with Crippen LogP contribution in [0.15, 0.2) is 39.8 Å². The Morgan fingerprint density at radius 1 is 1.23 bits per heavy atom. The molecule has 0 fully saturated rings. The molecule has 30 heavy (non-hydrogen) atoms. The molecule has 1 aliphatic heterocycles. The summed E-state index contributed by atoms with van der Waals surface area (Å²) in [4.78, 5) is 4.78. The summed E-state index contributed by atoms with van der Waals surface area (Å²) in [5.41, 5.74) is 5.69. The van der Waals surface area contributed by atoms with Crippen molar-refractivity contribution in [1.82, 2.24) is 9.53 Å². The van der Waals surface area contributed by atoms with Gasteiger partial charge in [-0.1, -0.05) is 5.16 Å². The molecule has 1 aromatic carbocycles. The van der Waals surface area contributed by atoms with E-state index in [9.17, 15) is 17.6 Å².